The van der Waals surface area contributed by atoms with Crippen LogP contribution >= 0.6 is 0 Å². The highest BCUT2D eigenvalue weighted by Crippen LogP contribution is 2.17. The Bertz CT molecular complexity index is 191. The lowest BCUT2D eigenvalue weighted by atomic mass is 10.1. The van der Waals surface area contributed by atoms with Gasteiger partial charge in [-0.3, -0.25) is 4.79 Å². The Balaban J connectivity index is 2.48. The van der Waals surface area contributed by atoms with Gasteiger partial charge in [0.2, 0.25) is 5.91 Å². The first-order chi connectivity index (χ1) is 6.02. The monoisotopic (exact) mass is 184 g/mol. The molecule has 1 saturated heterocycles. The van der Waals surface area contributed by atoms with Crippen LogP contribution in [0.5, 0.6) is 0 Å². The van der Waals surface area contributed by atoms with E-state index in [1.807, 2.05) is 11.9 Å². The van der Waals surface area contributed by atoms with Gasteiger partial charge in [0.15, 0.2) is 0 Å². The highest BCUT2D eigenvalue weighted by atomic mass is 16.2. The molecule has 0 saturated carbocycles. The largest absolute Gasteiger partial charge is 0.343 e. The molecule has 0 aromatic heterocycles. The van der Waals surface area contributed by atoms with E-state index in [4.69, 9.17) is 0 Å². The number of hydrogen-bond donors (Lipinski definition) is 0. The summed E-state index contributed by atoms with van der Waals surface area (Å²) in [5.41, 5.74) is 0. The predicted molar refractivity (Wildman–Crippen MR) is 53.5 cm³/mol. The molecule has 0 aromatic carbocycles. The Morgan fingerprint density at radius 1 is 1.54 bits per heavy atom. The zero-order chi connectivity index (χ0) is 10.0. The van der Waals surface area contributed by atoms with Crippen molar-refractivity contribution in [2.24, 2.45) is 5.92 Å². The minimum absolute atomic E-state index is 0.234. The smallest absolute Gasteiger partial charge is 0.226 e. The number of carbonyl (C=O) groups is 1. The molecule has 3 nitrogen and oxygen atoms in total. The van der Waals surface area contributed by atoms with E-state index >= 15 is 0 Å². The first-order valence-electron chi connectivity index (χ1n) is 4.97. The Morgan fingerprint density at radius 2 is 2.15 bits per heavy atom. The van der Waals surface area contributed by atoms with Crippen LogP contribution in [0.15, 0.2) is 0 Å². The van der Waals surface area contributed by atoms with Crippen LogP contribution < -0.4 is 0 Å². The Labute approximate surface area is 80.7 Å². The Hall–Kier alpha value is -0.570. The molecule has 1 amide bonds. The molecule has 1 rings (SSSR count). The molecule has 0 aromatic rings. The maximum atomic E-state index is 11.8. The number of carbonyl (C=O) groups excluding carboxylic acids is 1. The highest BCUT2D eigenvalue weighted by molar-refractivity contribution is 5.79. The van der Waals surface area contributed by atoms with E-state index in [9.17, 15) is 4.79 Å². The maximum Gasteiger partial charge on any atom is 0.226 e. The van der Waals surface area contributed by atoms with Crippen molar-refractivity contribution in [2.45, 2.75) is 26.3 Å². The van der Waals surface area contributed by atoms with E-state index in [1.54, 1.807) is 0 Å². The molecule has 0 bridgehead atoms. The second kappa shape index (κ2) is 4.09. The number of rotatable bonds is 2. The fourth-order valence-corrected chi connectivity index (χ4v) is 1.68. The molecule has 1 aliphatic rings. The Kier molecular flexibility index (Phi) is 3.31. The van der Waals surface area contributed by atoms with Crippen molar-refractivity contribution in [3.63, 3.8) is 0 Å². The summed E-state index contributed by atoms with van der Waals surface area (Å²) >= 11 is 0. The van der Waals surface area contributed by atoms with Crippen molar-refractivity contribution in [1.29, 1.82) is 0 Å². The summed E-state index contributed by atoms with van der Waals surface area (Å²) in [6.07, 6.45) is 1.02. The molecule has 0 unspecified atom stereocenters. The Morgan fingerprint density at radius 3 is 2.54 bits per heavy atom. The minimum Gasteiger partial charge on any atom is -0.343 e. The lowest BCUT2D eigenvalue weighted by molar-refractivity contribution is -0.135. The summed E-state index contributed by atoms with van der Waals surface area (Å²) in [7, 11) is 3.97. The van der Waals surface area contributed by atoms with Gasteiger partial charge in [-0.25, -0.2) is 0 Å². The lowest BCUT2D eigenvalue weighted by Gasteiger charge is -2.24. The summed E-state index contributed by atoms with van der Waals surface area (Å²) in [5.74, 6) is 0.539. The molecule has 0 N–H and O–H groups in total. The van der Waals surface area contributed by atoms with Gasteiger partial charge < -0.3 is 9.80 Å². The van der Waals surface area contributed by atoms with E-state index < -0.39 is 0 Å². The summed E-state index contributed by atoms with van der Waals surface area (Å²) in [4.78, 5) is 15.9. The molecule has 1 atom stereocenters. The molecule has 0 aliphatic carbocycles. The van der Waals surface area contributed by atoms with Crippen LogP contribution in [-0.4, -0.2) is 48.9 Å². The molecule has 1 heterocycles. The first-order valence-corrected chi connectivity index (χ1v) is 4.97. The van der Waals surface area contributed by atoms with Crippen LogP contribution in [-0.2, 0) is 4.79 Å². The molecular weight excluding hydrogens is 164 g/mol. The number of amides is 1. The van der Waals surface area contributed by atoms with Crippen molar-refractivity contribution >= 4 is 5.91 Å². The fraction of sp³-hybridized carbons (Fsp3) is 0.900. The molecule has 1 aliphatic heterocycles. The van der Waals surface area contributed by atoms with Crippen molar-refractivity contribution in [3.8, 4) is 0 Å². The standard InChI is InChI=1S/C10H20N2O/c1-8(2)12(4)10(13)9-5-6-11(3)7-9/h8-9H,5-7H2,1-4H3/t9-/m0/s1. The zero-order valence-electron chi connectivity index (χ0n) is 9.08. The fourth-order valence-electron chi connectivity index (χ4n) is 1.68. The summed E-state index contributed by atoms with van der Waals surface area (Å²) in [6, 6.07) is 0.318. The number of nitrogens with zero attached hydrogens (tertiary/aromatic N) is 2. The van der Waals surface area contributed by atoms with Gasteiger partial charge in [-0.1, -0.05) is 0 Å². The van der Waals surface area contributed by atoms with Crippen LogP contribution in [0.3, 0.4) is 0 Å². The molecule has 3 heteroatoms. The number of hydrogen-bond acceptors (Lipinski definition) is 2. The van der Waals surface area contributed by atoms with E-state index in [0.717, 1.165) is 19.5 Å². The highest BCUT2D eigenvalue weighted by Gasteiger charge is 2.28. The average molecular weight is 184 g/mol. The predicted octanol–water partition coefficient (Wildman–Crippen LogP) is 0.805. The van der Waals surface area contributed by atoms with Gasteiger partial charge in [0, 0.05) is 19.6 Å². The van der Waals surface area contributed by atoms with E-state index in [0.29, 0.717) is 11.9 Å². The summed E-state index contributed by atoms with van der Waals surface area (Å²) in [6.45, 7) is 6.09. The molecular formula is C10H20N2O. The van der Waals surface area contributed by atoms with Crippen LogP contribution in [0.1, 0.15) is 20.3 Å². The second-order valence-electron chi connectivity index (χ2n) is 4.29. The summed E-state index contributed by atoms with van der Waals surface area (Å²) in [5, 5.41) is 0. The van der Waals surface area contributed by atoms with E-state index in [2.05, 4.69) is 25.8 Å². The van der Waals surface area contributed by atoms with Crippen LogP contribution in [0, 0.1) is 5.92 Å². The van der Waals surface area contributed by atoms with E-state index in [1.165, 1.54) is 0 Å². The van der Waals surface area contributed by atoms with Gasteiger partial charge in [-0.15, -0.1) is 0 Å². The molecule has 0 spiro atoms. The zero-order valence-corrected chi connectivity index (χ0v) is 9.08. The number of likely N-dealkylation sites (tertiary alicyclic amines) is 1. The summed E-state index contributed by atoms with van der Waals surface area (Å²) < 4.78 is 0. The van der Waals surface area contributed by atoms with Gasteiger partial charge in [-0.2, -0.15) is 0 Å². The normalized spacial score (nSPS) is 23.9. The average Bonchev–Trinajstić information content (AvgIpc) is 2.49. The quantitative estimate of drug-likeness (QED) is 0.634. The van der Waals surface area contributed by atoms with Crippen LogP contribution in [0.25, 0.3) is 0 Å². The van der Waals surface area contributed by atoms with Crippen molar-refractivity contribution in [1.82, 2.24) is 9.80 Å². The van der Waals surface area contributed by atoms with Gasteiger partial charge in [0.25, 0.3) is 0 Å². The van der Waals surface area contributed by atoms with Gasteiger partial charge >= 0.3 is 0 Å². The van der Waals surface area contributed by atoms with Gasteiger partial charge in [0.05, 0.1) is 5.92 Å². The van der Waals surface area contributed by atoms with Gasteiger partial charge in [-0.05, 0) is 33.9 Å². The van der Waals surface area contributed by atoms with Crippen molar-refractivity contribution in [3.05, 3.63) is 0 Å². The van der Waals surface area contributed by atoms with Gasteiger partial charge in [0.1, 0.15) is 0 Å². The molecule has 0 radical (unpaired) electrons. The van der Waals surface area contributed by atoms with Crippen molar-refractivity contribution in [2.75, 3.05) is 27.2 Å². The molecule has 13 heavy (non-hydrogen) atoms. The first kappa shape index (κ1) is 10.5. The third-order valence-corrected chi connectivity index (χ3v) is 2.86. The topological polar surface area (TPSA) is 23.6 Å². The molecule has 1 fully saturated rings. The van der Waals surface area contributed by atoms with Crippen LogP contribution in [0.2, 0.25) is 0 Å². The molecule has 76 valence electrons. The van der Waals surface area contributed by atoms with Crippen LogP contribution in [0.4, 0.5) is 0 Å². The minimum atomic E-state index is 0.234. The third-order valence-electron chi connectivity index (χ3n) is 2.86. The maximum absolute atomic E-state index is 11.8. The van der Waals surface area contributed by atoms with E-state index in [-0.39, 0.29) is 5.92 Å². The van der Waals surface area contributed by atoms with Crippen molar-refractivity contribution < 1.29 is 4.79 Å². The SMILES string of the molecule is CC(C)N(C)C(=O)[C@H]1CCN(C)C1. The lowest BCUT2D eigenvalue weighted by Crippen LogP contribution is -2.38. The second-order valence-corrected chi connectivity index (χ2v) is 4.29. The third kappa shape index (κ3) is 2.44.